The van der Waals surface area contributed by atoms with Crippen molar-refractivity contribution in [2.75, 3.05) is 5.75 Å². The summed E-state index contributed by atoms with van der Waals surface area (Å²) >= 11 is 0. The molecule has 0 amide bonds. The number of aliphatic hydroxyl groups is 1. The molecule has 0 saturated carbocycles. The van der Waals surface area contributed by atoms with Crippen LogP contribution in [-0.2, 0) is 9.84 Å². The third-order valence-electron chi connectivity index (χ3n) is 3.04. The molecule has 3 nitrogen and oxygen atoms in total. The summed E-state index contributed by atoms with van der Waals surface area (Å²) in [5, 5.41) is 10.0. The zero-order valence-electron chi connectivity index (χ0n) is 10.9. The SMILES string of the molecule is C=Cc1ccc(S(=O)(=O)CC(O)c2ccccc2)cc1. The molecule has 1 unspecified atom stereocenters. The lowest BCUT2D eigenvalue weighted by Gasteiger charge is -2.11. The van der Waals surface area contributed by atoms with Gasteiger partial charge in [-0.05, 0) is 23.3 Å². The summed E-state index contributed by atoms with van der Waals surface area (Å²) in [7, 11) is -3.52. The average Bonchev–Trinajstić information content (AvgIpc) is 2.48. The second-order valence-corrected chi connectivity index (χ2v) is 6.52. The number of rotatable bonds is 5. The number of sulfone groups is 1. The van der Waals surface area contributed by atoms with Crippen molar-refractivity contribution >= 4 is 15.9 Å². The predicted molar refractivity (Wildman–Crippen MR) is 80.0 cm³/mol. The molecule has 104 valence electrons. The van der Waals surface area contributed by atoms with E-state index in [4.69, 9.17) is 0 Å². The molecule has 4 heteroatoms. The van der Waals surface area contributed by atoms with E-state index in [0.717, 1.165) is 5.56 Å². The maximum absolute atomic E-state index is 12.2. The van der Waals surface area contributed by atoms with Crippen molar-refractivity contribution in [2.24, 2.45) is 0 Å². The monoisotopic (exact) mass is 288 g/mol. The van der Waals surface area contributed by atoms with Crippen LogP contribution < -0.4 is 0 Å². The Morgan fingerprint density at radius 2 is 1.65 bits per heavy atom. The highest BCUT2D eigenvalue weighted by atomic mass is 32.2. The summed E-state index contributed by atoms with van der Waals surface area (Å²) in [6.07, 6.45) is 0.621. The number of aliphatic hydroxyl groups excluding tert-OH is 1. The van der Waals surface area contributed by atoms with E-state index in [1.165, 1.54) is 12.1 Å². The molecule has 2 aromatic carbocycles. The molecule has 0 aromatic heterocycles. The molecule has 0 aliphatic carbocycles. The quantitative estimate of drug-likeness (QED) is 0.920. The molecule has 2 rings (SSSR count). The topological polar surface area (TPSA) is 54.4 Å². The highest BCUT2D eigenvalue weighted by molar-refractivity contribution is 7.91. The van der Waals surface area contributed by atoms with E-state index in [2.05, 4.69) is 6.58 Å². The zero-order valence-corrected chi connectivity index (χ0v) is 11.8. The molecule has 1 N–H and O–H groups in total. The van der Waals surface area contributed by atoms with Gasteiger partial charge < -0.3 is 5.11 Å². The second-order valence-electron chi connectivity index (χ2n) is 4.48. The minimum absolute atomic E-state index is 0.207. The lowest BCUT2D eigenvalue weighted by molar-refractivity contribution is 0.201. The van der Waals surface area contributed by atoms with Crippen LogP contribution in [0.5, 0.6) is 0 Å². The zero-order chi connectivity index (χ0) is 14.6. The lowest BCUT2D eigenvalue weighted by atomic mass is 10.1. The van der Waals surface area contributed by atoms with E-state index in [-0.39, 0.29) is 10.6 Å². The molecular weight excluding hydrogens is 272 g/mol. The van der Waals surface area contributed by atoms with Crippen LogP contribution in [-0.4, -0.2) is 19.3 Å². The van der Waals surface area contributed by atoms with Crippen LogP contribution in [0, 0.1) is 0 Å². The highest BCUT2D eigenvalue weighted by Crippen LogP contribution is 2.20. The van der Waals surface area contributed by atoms with Crippen LogP contribution in [0.3, 0.4) is 0 Å². The summed E-state index contributed by atoms with van der Waals surface area (Å²) in [6, 6.07) is 15.2. The van der Waals surface area contributed by atoms with Crippen LogP contribution >= 0.6 is 0 Å². The van der Waals surface area contributed by atoms with E-state index < -0.39 is 15.9 Å². The van der Waals surface area contributed by atoms with Crippen molar-refractivity contribution in [2.45, 2.75) is 11.0 Å². The maximum atomic E-state index is 12.2. The van der Waals surface area contributed by atoms with E-state index in [0.29, 0.717) is 5.56 Å². The van der Waals surface area contributed by atoms with Gasteiger partial charge in [-0.2, -0.15) is 0 Å². The van der Waals surface area contributed by atoms with Crippen LogP contribution in [0.25, 0.3) is 6.08 Å². The van der Waals surface area contributed by atoms with Gasteiger partial charge in [0.15, 0.2) is 9.84 Å². The van der Waals surface area contributed by atoms with Crippen molar-refractivity contribution in [3.05, 3.63) is 72.3 Å². The van der Waals surface area contributed by atoms with Gasteiger partial charge in [-0.15, -0.1) is 0 Å². The van der Waals surface area contributed by atoms with Crippen molar-refractivity contribution in [1.82, 2.24) is 0 Å². The molecule has 0 aliphatic rings. The van der Waals surface area contributed by atoms with Gasteiger partial charge in [0.2, 0.25) is 0 Å². The van der Waals surface area contributed by atoms with Gasteiger partial charge in [0.1, 0.15) is 0 Å². The third-order valence-corrected chi connectivity index (χ3v) is 4.78. The predicted octanol–water partition coefficient (Wildman–Crippen LogP) is 2.84. The first-order valence-corrected chi connectivity index (χ1v) is 7.86. The minimum Gasteiger partial charge on any atom is -0.387 e. The van der Waals surface area contributed by atoms with E-state index in [1.807, 2.05) is 6.07 Å². The van der Waals surface area contributed by atoms with Gasteiger partial charge in [0, 0.05) is 0 Å². The Hall–Kier alpha value is -1.91. The Bertz CT molecular complexity index is 673. The molecule has 0 bridgehead atoms. The summed E-state index contributed by atoms with van der Waals surface area (Å²) in [6.45, 7) is 3.62. The Labute approximate surface area is 119 Å². The smallest absolute Gasteiger partial charge is 0.181 e. The third kappa shape index (κ3) is 3.35. The van der Waals surface area contributed by atoms with Gasteiger partial charge in [-0.1, -0.05) is 55.1 Å². The molecule has 20 heavy (non-hydrogen) atoms. The summed E-state index contributed by atoms with van der Waals surface area (Å²) in [5.41, 5.74) is 1.45. The highest BCUT2D eigenvalue weighted by Gasteiger charge is 2.20. The molecule has 1 atom stereocenters. The Kier molecular flexibility index (Phi) is 4.37. The van der Waals surface area contributed by atoms with Crippen molar-refractivity contribution < 1.29 is 13.5 Å². The molecule has 0 heterocycles. The first-order chi connectivity index (χ1) is 9.53. The lowest BCUT2D eigenvalue weighted by Crippen LogP contribution is -2.14. The fourth-order valence-electron chi connectivity index (χ4n) is 1.89. The largest absolute Gasteiger partial charge is 0.387 e. The normalized spacial score (nSPS) is 12.8. The molecular formula is C16H16O3S. The van der Waals surface area contributed by atoms with Crippen molar-refractivity contribution in [1.29, 1.82) is 0 Å². The van der Waals surface area contributed by atoms with Crippen LogP contribution in [0.4, 0.5) is 0 Å². The van der Waals surface area contributed by atoms with Crippen molar-refractivity contribution in [3.8, 4) is 0 Å². The van der Waals surface area contributed by atoms with Crippen molar-refractivity contribution in [3.63, 3.8) is 0 Å². The van der Waals surface area contributed by atoms with Crippen LogP contribution in [0.2, 0.25) is 0 Å². The van der Waals surface area contributed by atoms with Gasteiger partial charge >= 0.3 is 0 Å². The van der Waals surface area contributed by atoms with E-state index >= 15 is 0 Å². The fourth-order valence-corrected chi connectivity index (χ4v) is 3.24. The average molecular weight is 288 g/mol. The summed E-state index contributed by atoms with van der Waals surface area (Å²) in [5.74, 6) is -0.329. The first kappa shape index (κ1) is 14.5. The van der Waals surface area contributed by atoms with E-state index in [1.54, 1.807) is 42.5 Å². The van der Waals surface area contributed by atoms with Gasteiger partial charge in [0.05, 0.1) is 16.8 Å². The Morgan fingerprint density at radius 1 is 1.05 bits per heavy atom. The summed E-state index contributed by atoms with van der Waals surface area (Å²) < 4.78 is 24.5. The maximum Gasteiger partial charge on any atom is 0.181 e. The molecule has 0 aliphatic heterocycles. The van der Waals surface area contributed by atoms with E-state index in [9.17, 15) is 13.5 Å². The molecule has 2 aromatic rings. The fraction of sp³-hybridized carbons (Fsp3) is 0.125. The second kappa shape index (κ2) is 6.03. The summed E-state index contributed by atoms with van der Waals surface area (Å²) in [4.78, 5) is 0.207. The number of benzene rings is 2. The Morgan fingerprint density at radius 3 is 2.20 bits per heavy atom. The molecule has 0 spiro atoms. The first-order valence-electron chi connectivity index (χ1n) is 6.21. The van der Waals surface area contributed by atoms with Crippen LogP contribution in [0.1, 0.15) is 17.2 Å². The Balaban J connectivity index is 2.20. The number of hydrogen-bond acceptors (Lipinski definition) is 3. The van der Waals surface area contributed by atoms with Crippen LogP contribution in [0.15, 0.2) is 66.1 Å². The standard InChI is InChI=1S/C16H16O3S/c1-2-13-8-10-15(11-9-13)20(18,19)12-16(17)14-6-4-3-5-7-14/h2-11,16-17H,1,12H2. The van der Waals surface area contributed by atoms with Gasteiger partial charge in [-0.25, -0.2) is 8.42 Å². The molecule has 0 fully saturated rings. The molecule has 0 saturated heterocycles. The number of hydrogen-bond donors (Lipinski definition) is 1. The van der Waals surface area contributed by atoms with Gasteiger partial charge in [-0.3, -0.25) is 0 Å². The van der Waals surface area contributed by atoms with Gasteiger partial charge in [0.25, 0.3) is 0 Å². The minimum atomic E-state index is -3.52. The molecule has 0 radical (unpaired) electrons.